The van der Waals surface area contributed by atoms with E-state index in [2.05, 4.69) is 52.7 Å². The highest BCUT2D eigenvalue weighted by Gasteiger charge is 2.17. The van der Waals surface area contributed by atoms with Gasteiger partial charge in [0.25, 0.3) is 0 Å². The van der Waals surface area contributed by atoms with Gasteiger partial charge in [0.05, 0.1) is 16.1 Å². The maximum Gasteiger partial charge on any atom is 0.0830 e. The van der Waals surface area contributed by atoms with E-state index in [0.717, 1.165) is 24.3 Å². The normalized spacial score (nSPS) is 13.7. The highest BCUT2D eigenvalue weighted by molar-refractivity contribution is 7.13. The number of benzene rings is 1. The van der Waals surface area contributed by atoms with E-state index < -0.39 is 0 Å². The number of para-hydroxylation sites is 1. The zero-order valence-electron chi connectivity index (χ0n) is 12.2. The maximum atomic E-state index is 4.83. The van der Waals surface area contributed by atoms with Crippen LogP contribution >= 0.6 is 11.3 Å². The molecule has 1 aromatic carbocycles. The minimum absolute atomic E-state index is 0. The highest BCUT2D eigenvalue weighted by Crippen LogP contribution is 2.33. The summed E-state index contributed by atoms with van der Waals surface area (Å²) in [5, 5.41) is 3.39. The summed E-state index contributed by atoms with van der Waals surface area (Å²) in [5.74, 6) is 0. The Morgan fingerprint density at radius 2 is 1.73 bits per heavy atom. The van der Waals surface area contributed by atoms with Crippen molar-refractivity contribution in [1.29, 1.82) is 0 Å². The molecule has 0 atom stereocenters. The van der Waals surface area contributed by atoms with Crippen molar-refractivity contribution >= 4 is 27.9 Å². The van der Waals surface area contributed by atoms with Crippen molar-refractivity contribution in [2.45, 2.75) is 12.8 Å². The molecule has 0 radical (unpaired) electrons. The molecule has 0 bridgehead atoms. The Bertz CT molecular complexity index is 738. The molecular weight excluding hydrogens is 296 g/mol. The highest BCUT2D eigenvalue weighted by atomic mass is 32.1. The summed E-state index contributed by atoms with van der Waals surface area (Å²) in [6.45, 7) is 2.33. The van der Waals surface area contributed by atoms with Gasteiger partial charge in [0.2, 0.25) is 0 Å². The molecular formula is C17H20N2O2S. The van der Waals surface area contributed by atoms with E-state index in [-0.39, 0.29) is 11.0 Å². The van der Waals surface area contributed by atoms with Crippen LogP contribution in [-0.2, 0) is 0 Å². The topological polar surface area (TPSA) is 79.1 Å². The minimum atomic E-state index is 0. The summed E-state index contributed by atoms with van der Waals surface area (Å²) < 4.78 is 0. The van der Waals surface area contributed by atoms with E-state index in [1.165, 1.54) is 28.8 Å². The van der Waals surface area contributed by atoms with E-state index in [4.69, 9.17) is 4.98 Å². The summed E-state index contributed by atoms with van der Waals surface area (Å²) >= 11 is 1.75. The predicted molar refractivity (Wildman–Crippen MR) is 93.7 cm³/mol. The second kappa shape index (κ2) is 6.87. The van der Waals surface area contributed by atoms with E-state index in [9.17, 15) is 0 Å². The number of rotatable bonds is 2. The van der Waals surface area contributed by atoms with Crippen LogP contribution in [0.5, 0.6) is 0 Å². The molecule has 116 valence electrons. The molecule has 3 heterocycles. The Kier molecular flexibility index (Phi) is 5.13. The average Bonchev–Trinajstić information content (AvgIpc) is 3.19. The fourth-order valence-corrected chi connectivity index (χ4v) is 3.61. The lowest BCUT2D eigenvalue weighted by Crippen LogP contribution is -2.18. The monoisotopic (exact) mass is 316 g/mol. The zero-order chi connectivity index (χ0) is 13.4. The quantitative estimate of drug-likeness (QED) is 0.728. The van der Waals surface area contributed by atoms with Gasteiger partial charge in [-0.2, -0.15) is 0 Å². The fraction of sp³-hybridized carbons (Fsp3) is 0.235. The fourth-order valence-electron chi connectivity index (χ4n) is 2.93. The predicted octanol–water partition coefficient (Wildman–Crippen LogP) is 2.91. The number of thiophene rings is 1. The van der Waals surface area contributed by atoms with Gasteiger partial charge in [-0.05, 0) is 36.4 Å². The van der Waals surface area contributed by atoms with Crippen molar-refractivity contribution in [3.8, 4) is 10.6 Å². The second-order valence-electron chi connectivity index (χ2n) is 5.22. The molecule has 1 aliphatic heterocycles. The molecule has 2 aromatic heterocycles. The first kappa shape index (κ1) is 16.4. The van der Waals surface area contributed by atoms with Crippen molar-refractivity contribution in [3.05, 3.63) is 47.8 Å². The summed E-state index contributed by atoms with van der Waals surface area (Å²) in [4.78, 5) is 8.58. The second-order valence-corrected chi connectivity index (χ2v) is 6.16. The van der Waals surface area contributed by atoms with Crippen LogP contribution in [-0.4, -0.2) is 29.0 Å². The van der Waals surface area contributed by atoms with Crippen molar-refractivity contribution < 1.29 is 11.0 Å². The molecule has 0 amide bonds. The number of hydrogen-bond donors (Lipinski definition) is 0. The lowest BCUT2D eigenvalue weighted by Gasteiger charge is -2.20. The summed E-state index contributed by atoms with van der Waals surface area (Å²) in [5.41, 5.74) is 3.54. The van der Waals surface area contributed by atoms with Crippen LogP contribution in [0.4, 0.5) is 5.69 Å². The minimum Gasteiger partial charge on any atom is -0.412 e. The standard InChI is InChI=1S/C17H16N2S.2H2O/c1-2-7-14-13(6-1)16(19-9-3-4-10-19)12-15(18-14)17-8-5-11-20-17;;/h1-2,5-8,11-12H,3-4,9-10H2;2*1H2. The third-order valence-corrected chi connectivity index (χ3v) is 4.81. The Labute approximate surface area is 133 Å². The molecule has 1 aliphatic rings. The van der Waals surface area contributed by atoms with Gasteiger partial charge in [-0.15, -0.1) is 11.3 Å². The van der Waals surface area contributed by atoms with Crippen molar-refractivity contribution in [2.75, 3.05) is 18.0 Å². The van der Waals surface area contributed by atoms with E-state index in [1.54, 1.807) is 11.3 Å². The lowest BCUT2D eigenvalue weighted by molar-refractivity contribution is 0.823. The number of pyridine rings is 1. The number of aromatic nitrogens is 1. The molecule has 1 fully saturated rings. The lowest BCUT2D eigenvalue weighted by atomic mass is 10.1. The van der Waals surface area contributed by atoms with Crippen LogP contribution < -0.4 is 4.90 Å². The first-order chi connectivity index (χ1) is 9.92. The summed E-state index contributed by atoms with van der Waals surface area (Å²) in [6.07, 6.45) is 2.59. The van der Waals surface area contributed by atoms with Crippen LogP contribution in [0, 0.1) is 0 Å². The molecule has 0 unspecified atom stereocenters. The van der Waals surface area contributed by atoms with Gasteiger partial charge in [0.1, 0.15) is 0 Å². The molecule has 22 heavy (non-hydrogen) atoms. The number of hydrogen-bond acceptors (Lipinski definition) is 3. The first-order valence-corrected chi connectivity index (χ1v) is 7.98. The Balaban J connectivity index is 0.000000882. The molecule has 4 rings (SSSR count). The van der Waals surface area contributed by atoms with Gasteiger partial charge in [0.15, 0.2) is 0 Å². The Morgan fingerprint density at radius 1 is 0.955 bits per heavy atom. The van der Waals surface area contributed by atoms with Crippen LogP contribution in [0.1, 0.15) is 12.8 Å². The molecule has 1 saturated heterocycles. The van der Waals surface area contributed by atoms with Crippen molar-refractivity contribution in [3.63, 3.8) is 0 Å². The third-order valence-electron chi connectivity index (χ3n) is 3.91. The van der Waals surface area contributed by atoms with Crippen LogP contribution in [0.3, 0.4) is 0 Å². The molecule has 4 N–H and O–H groups in total. The molecule has 0 aliphatic carbocycles. The van der Waals surface area contributed by atoms with Gasteiger partial charge in [-0.1, -0.05) is 24.3 Å². The molecule has 4 nitrogen and oxygen atoms in total. The Morgan fingerprint density at radius 3 is 2.45 bits per heavy atom. The van der Waals surface area contributed by atoms with Crippen LogP contribution in [0.25, 0.3) is 21.5 Å². The van der Waals surface area contributed by atoms with Crippen LogP contribution in [0.2, 0.25) is 0 Å². The zero-order valence-corrected chi connectivity index (χ0v) is 13.1. The number of anilines is 1. The van der Waals surface area contributed by atoms with Gasteiger partial charge in [0, 0.05) is 24.2 Å². The molecule has 3 aromatic rings. The van der Waals surface area contributed by atoms with Gasteiger partial charge >= 0.3 is 0 Å². The van der Waals surface area contributed by atoms with Gasteiger partial charge in [-0.25, -0.2) is 4.98 Å². The maximum absolute atomic E-state index is 4.83. The molecule has 0 saturated carbocycles. The van der Waals surface area contributed by atoms with E-state index in [0.29, 0.717) is 0 Å². The van der Waals surface area contributed by atoms with Crippen LogP contribution in [0.15, 0.2) is 47.8 Å². The first-order valence-electron chi connectivity index (χ1n) is 7.10. The van der Waals surface area contributed by atoms with Gasteiger partial charge in [-0.3, -0.25) is 0 Å². The largest absolute Gasteiger partial charge is 0.412 e. The summed E-state index contributed by atoms with van der Waals surface area (Å²) in [6, 6.07) is 15.0. The average molecular weight is 316 g/mol. The number of nitrogens with zero attached hydrogens (tertiary/aromatic N) is 2. The van der Waals surface area contributed by atoms with E-state index in [1.807, 2.05) is 0 Å². The van der Waals surface area contributed by atoms with Crippen molar-refractivity contribution in [1.82, 2.24) is 4.98 Å². The van der Waals surface area contributed by atoms with Gasteiger partial charge < -0.3 is 15.9 Å². The van der Waals surface area contributed by atoms with E-state index >= 15 is 0 Å². The number of fused-ring (bicyclic) bond motifs is 1. The molecule has 0 spiro atoms. The Hall–Kier alpha value is -1.95. The smallest absolute Gasteiger partial charge is 0.0830 e. The summed E-state index contributed by atoms with van der Waals surface area (Å²) in [7, 11) is 0. The van der Waals surface area contributed by atoms with Crippen molar-refractivity contribution in [2.24, 2.45) is 0 Å². The molecule has 5 heteroatoms. The third kappa shape index (κ3) is 2.83. The SMILES string of the molecule is O.O.c1csc(-c2cc(N3CCCC3)c3ccccc3n2)c1.